The molecule has 5 nitrogen and oxygen atoms in total. The van der Waals surface area contributed by atoms with Gasteiger partial charge in [-0.05, 0) is 29.8 Å². The number of carboxylic acid groups (broad SMARTS) is 1. The number of hydrogen-bond donors (Lipinski definition) is 1. The lowest BCUT2D eigenvalue weighted by Crippen LogP contribution is -2.26. The van der Waals surface area contributed by atoms with E-state index in [4.69, 9.17) is 5.11 Å². The molecule has 0 radical (unpaired) electrons. The molecular formula is C15H14N2O3. The third kappa shape index (κ3) is 3.20. The van der Waals surface area contributed by atoms with E-state index in [1.807, 2.05) is 6.07 Å². The monoisotopic (exact) mass is 270 g/mol. The molecule has 0 aliphatic heterocycles. The second-order valence-electron chi connectivity index (χ2n) is 4.41. The molecule has 0 spiro atoms. The lowest BCUT2D eigenvalue weighted by molar-refractivity contribution is 0.0697. The van der Waals surface area contributed by atoms with Crippen molar-refractivity contribution in [2.75, 3.05) is 7.05 Å². The highest BCUT2D eigenvalue weighted by Crippen LogP contribution is 2.10. The maximum atomic E-state index is 12.2. The fourth-order valence-electron chi connectivity index (χ4n) is 1.84. The Morgan fingerprint density at radius 2 is 1.95 bits per heavy atom. The van der Waals surface area contributed by atoms with Gasteiger partial charge < -0.3 is 10.0 Å². The lowest BCUT2D eigenvalue weighted by Gasteiger charge is -2.17. The van der Waals surface area contributed by atoms with Gasteiger partial charge in [-0.15, -0.1) is 0 Å². The Labute approximate surface area is 116 Å². The van der Waals surface area contributed by atoms with E-state index in [1.165, 1.54) is 17.0 Å². The van der Waals surface area contributed by atoms with Crippen molar-refractivity contribution in [1.29, 1.82) is 0 Å². The van der Waals surface area contributed by atoms with E-state index in [0.717, 1.165) is 5.56 Å². The zero-order chi connectivity index (χ0) is 14.5. The van der Waals surface area contributed by atoms with Crippen LogP contribution >= 0.6 is 0 Å². The fourth-order valence-corrected chi connectivity index (χ4v) is 1.84. The number of nitrogens with zero attached hydrogens (tertiary/aromatic N) is 2. The molecule has 0 saturated carbocycles. The van der Waals surface area contributed by atoms with Crippen LogP contribution < -0.4 is 0 Å². The van der Waals surface area contributed by atoms with Gasteiger partial charge in [0.1, 0.15) is 0 Å². The smallest absolute Gasteiger partial charge is 0.335 e. The van der Waals surface area contributed by atoms with Gasteiger partial charge in [0.15, 0.2) is 0 Å². The van der Waals surface area contributed by atoms with Crippen molar-refractivity contribution >= 4 is 11.9 Å². The molecule has 2 rings (SSSR count). The molecule has 0 unspecified atom stereocenters. The SMILES string of the molecule is CN(Cc1cccnc1)C(=O)c1cccc(C(=O)O)c1. The van der Waals surface area contributed by atoms with Crippen LogP contribution in [0, 0.1) is 0 Å². The molecule has 0 aliphatic rings. The van der Waals surface area contributed by atoms with E-state index in [9.17, 15) is 9.59 Å². The minimum absolute atomic E-state index is 0.102. The summed E-state index contributed by atoms with van der Waals surface area (Å²) in [7, 11) is 1.67. The summed E-state index contributed by atoms with van der Waals surface area (Å²) in [6.45, 7) is 0.421. The van der Waals surface area contributed by atoms with Crippen LogP contribution in [0.4, 0.5) is 0 Å². The number of aromatic nitrogens is 1. The first-order valence-electron chi connectivity index (χ1n) is 6.05. The van der Waals surface area contributed by atoms with Gasteiger partial charge in [0, 0.05) is 31.5 Å². The van der Waals surface area contributed by atoms with Crippen molar-refractivity contribution in [3.63, 3.8) is 0 Å². The number of carbonyl (C=O) groups excluding carboxylic acids is 1. The van der Waals surface area contributed by atoms with E-state index in [2.05, 4.69) is 4.98 Å². The first kappa shape index (κ1) is 13.7. The molecule has 0 atom stereocenters. The standard InChI is InChI=1S/C15H14N2O3/c1-17(10-11-4-3-7-16-9-11)14(18)12-5-2-6-13(8-12)15(19)20/h2-9H,10H2,1H3,(H,19,20). The maximum absolute atomic E-state index is 12.2. The molecule has 0 saturated heterocycles. The zero-order valence-electron chi connectivity index (χ0n) is 11.0. The average Bonchev–Trinajstić information content (AvgIpc) is 2.47. The Bertz CT molecular complexity index is 626. The van der Waals surface area contributed by atoms with Crippen LogP contribution in [0.2, 0.25) is 0 Å². The Morgan fingerprint density at radius 1 is 1.20 bits per heavy atom. The molecular weight excluding hydrogens is 256 g/mol. The topological polar surface area (TPSA) is 70.5 Å². The van der Waals surface area contributed by atoms with Crippen LogP contribution in [-0.2, 0) is 6.54 Å². The highest BCUT2D eigenvalue weighted by Gasteiger charge is 2.14. The Kier molecular flexibility index (Phi) is 4.10. The highest BCUT2D eigenvalue weighted by atomic mass is 16.4. The van der Waals surface area contributed by atoms with E-state index in [1.54, 1.807) is 37.6 Å². The van der Waals surface area contributed by atoms with Crippen molar-refractivity contribution in [3.8, 4) is 0 Å². The number of aromatic carboxylic acids is 1. The van der Waals surface area contributed by atoms with Crippen molar-refractivity contribution in [3.05, 3.63) is 65.5 Å². The van der Waals surface area contributed by atoms with Gasteiger partial charge in [0.05, 0.1) is 5.56 Å². The van der Waals surface area contributed by atoms with Crippen LogP contribution in [-0.4, -0.2) is 33.9 Å². The van der Waals surface area contributed by atoms with Crippen molar-refractivity contribution < 1.29 is 14.7 Å². The summed E-state index contributed by atoms with van der Waals surface area (Å²) in [5.41, 5.74) is 1.37. The fraction of sp³-hybridized carbons (Fsp3) is 0.133. The minimum atomic E-state index is -1.05. The van der Waals surface area contributed by atoms with E-state index in [0.29, 0.717) is 12.1 Å². The predicted molar refractivity (Wildman–Crippen MR) is 73.4 cm³/mol. The average molecular weight is 270 g/mol. The largest absolute Gasteiger partial charge is 0.478 e. The molecule has 102 valence electrons. The third-order valence-corrected chi connectivity index (χ3v) is 2.85. The van der Waals surface area contributed by atoms with E-state index >= 15 is 0 Å². The summed E-state index contributed by atoms with van der Waals surface area (Å²) < 4.78 is 0. The first-order valence-corrected chi connectivity index (χ1v) is 6.05. The zero-order valence-corrected chi connectivity index (χ0v) is 11.0. The van der Waals surface area contributed by atoms with Gasteiger partial charge in [-0.25, -0.2) is 4.79 Å². The maximum Gasteiger partial charge on any atom is 0.335 e. The van der Waals surface area contributed by atoms with E-state index in [-0.39, 0.29) is 11.5 Å². The van der Waals surface area contributed by atoms with Crippen LogP contribution in [0.5, 0.6) is 0 Å². The summed E-state index contributed by atoms with van der Waals surface area (Å²) in [6, 6.07) is 9.69. The molecule has 0 bridgehead atoms. The summed E-state index contributed by atoms with van der Waals surface area (Å²) in [4.78, 5) is 28.7. The third-order valence-electron chi connectivity index (χ3n) is 2.85. The van der Waals surface area contributed by atoms with Crippen molar-refractivity contribution in [2.45, 2.75) is 6.54 Å². The highest BCUT2D eigenvalue weighted by molar-refractivity contribution is 5.97. The van der Waals surface area contributed by atoms with Gasteiger partial charge in [-0.1, -0.05) is 12.1 Å². The van der Waals surface area contributed by atoms with Crippen LogP contribution in [0.1, 0.15) is 26.3 Å². The molecule has 0 aliphatic carbocycles. The number of rotatable bonds is 4. The number of carboxylic acids is 1. The summed E-state index contributed by atoms with van der Waals surface area (Å²) >= 11 is 0. The van der Waals surface area contributed by atoms with Crippen LogP contribution in [0.3, 0.4) is 0 Å². The van der Waals surface area contributed by atoms with Gasteiger partial charge in [0.25, 0.3) is 5.91 Å². The molecule has 1 N–H and O–H groups in total. The second-order valence-corrected chi connectivity index (χ2v) is 4.41. The minimum Gasteiger partial charge on any atom is -0.478 e. The van der Waals surface area contributed by atoms with Crippen molar-refractivity contribution in [1.82, 2.24) is 9.88 Å². The molecule has 1 amide bonds. The number of pyridine rings is 1. The molecule has 5 heteroatoms. The second kappa shape index (κ2) is 5.97. The van der Waals surface area contributed by atoms with Gasteiger partial charge in [-0.3, -0.25) is 9.78 Å². The Hall–Kier alpha value is -2.69. The molecule has 2 aromatic rings. The number of carbonyl (C=O) groups is 2. The number of benzene rings is 1. The number of hydrogen-bond acceptors (Lipinski definition) is 3. The first-order chi connectivity index (χ1) is 9.58. The van der Waals surface area contributed by atoms with E-state index < -0.39 is 5.97 Å². The summed E-state index contributed by atoms with van der Waals surface area (Å²) in [5.74, 6) is -1.27. The number of amides is 1. The predicted octanol–water partition coefficient (Wildman–Crippen LogP) is 2.05. The normalized spacial score (nSPS) is 10.1. The molecule has 0 fully saturated rings. The Morgan fingerprint density at radius 3 is 2.60 bits per heavy atom. The summed E-state index contributed by atoms with van der Waals surface area (Å²) in [5, 5.41) is 8.93. The molecule has 20 heavy (non-hydrogen) atoms. The van der Waals surface area contributed by atoms with Gasteiger partial charge >= 0.3 is 5.97 Å². The summed E-state index contributed by atoms with van der Waals surface area (Å²) in [6.07, 6.45) is 3.36. The van der Waals surface area contributed by atoms with Crippen LogP contribution in [0.15, 0.2) is 48.8 Å². The quantitative estimate of drug-likeness (QED) is 0.923. The molecule has 1 aromatic heterocycles. The Balaban J connectivity index is 2.14. The van der Waals surface area contributed by atoms with Crippen molar-refractivity contribution in [2.24, 2.45) is 0 Å². The molecule has 1 heterocycles. The van der Waals surface area contributed by atoms with Gasteiger partial charge in [0.2, 0.25) is 0 Å². The molecule has 1 aromatic carbocycles. The van der Waals surface area contributed by atoms with Gasteiger partial charge in [-0.2, -0.15) is 0 Å². The van der Waals surface area contributed by atoms with Crippen LogP contribution in [0.25, 0.3) is 0 Å². The lowest BCUT2D eigenvalue weighted by atomic mass is 10.1.